The number of nitrogens with zero attached hydrogens (tertiary/aromatic N) is 2. The molecule has 0 unspecified atom stereocenters. The van der Waals surface area contributed by atoms with Gasteiger partial charge in [-0.25, -0.2) is 5.10 Å². The standard InChI is InChI=1S/C17H10Cl2F3N3O2/c18-14-13(15(19)23-24-16(14)27)9-5-6-25(12(26)7-9)8-10-3-1-2-4-11(10)17(20,21)22/h1-7H,8H2,(H,24,27). The molecular formula is C17H10Cl2F3N3O2. The summed E-state index contributed by atoms with van der Waals surface area (Å²) in [4.78, 5) is 24.0. The van der Waals surface area contributed by atoms with Crippen LogP contribution in [0, 0.1) is 0 Å². The first-order valence-corrected chi connectivity index (χ1v) is 8.23. The Hall–Kier alpha value is -2.58. The van der Waals surface area contributed by atoms with Crippen LogP contribution in [0.1, 0.15) is 11.1 Å². The summed E-state index contributed by atoms with van der Waals surface area (Å²) in [6, 6.07) is 7.55. The third-order valence-electron chi connectivity index (χ3n) is 3.83. The summed E-state index contributed by atoms with van der Waals surface area (Å²) in [7, 11) is 0. The molecule has 0 saturated carbocycles. The molecule has 0 aliphatic carbocycles. The third kappa shape index (κ3) is 3.91. The first-order chi connectivity index (χ1) is 12.7. The van der Waals surface area contributed by atoms with E-state index in [1.54, 1.807) is 0 Å². The van der Waals surface area contributed by atoms with E-state index < -0.39 is 22.9 Å². The van der Waals surface area contributed by atoms with Crippen molar-refractivity contribution in [3.05, 3.63) is 84.6 Å². The first-order valence-electron chi connectivity index (χ1n) is 7.48. The number of alkyl halides is 3. The molecule has 2 aromatic heterocycles. The molecule has 0 bridgehead atoms. The average molecular weight is 416 g/mol. The molecule has 0 amide bonds. The van der Waals surface area contributed by atoms with Gasteiger partial charge < -0.3 is 4.57 Å². The largest absolute Gasteiger partial charge is 0.416 e. The van der Waals surface area contributed by atoms with Crippen LogP contribution in [0.15, 0.2) is 52.2 Å². The van der Waals surface area contributed by atoms with Crippen molar-refractivity contribution < 1.29 is 13.2 Å². The molecule has 0 spiro atoms. The zero-order valence-electron chi connectivity index (χ0n) is 13.3. The minimum Gasteiger partial charge on any atom is -0.311 e. The lowest BCUT2D eigenvalue weighted by molar-refractivity contribution is -0.138. The Bertz CT molecular complexity index is 1120. The van der Waals surface area contributed by atoms with E-state index in [2.05, 4.69) is 10.2 Å². The molecule has 1 N–H and O–H groups in total. The number of aromatic amines is 1. The Kier molecular flexibility index (Phi) is 5.12. The van der Waals surface area contributed by atoms with Crippen LogP contribution < -0.4 is 11.1 Å². The Labute approximate surface area is 160 Å². The number of nitrogens with one attached hydrogen (secondary N) is 1. The lowest BCUT2D eigenvalue weighted by Crippen LogP contribution is -2.21. The summed E-state index contributed by atoms with van der Waals surface area (Å²) >= 11 is 11.9. The molecule has 2 heterocycles. The number of hydrogen-bond acceptors (Lipinski definition) is 3. The first kappa shape index (κ1) is 19.2. The summed E-state index contributed by atoms with van der Waals surface area (Å²) < 4.78 is 40.4. The van der Waals surface area contributed by atoms with E-state index in [4.69, 9.17) is 23.2 Å². The molecule has 0 saturated heterocycles. The minimum absolute atomic E-state index is 0.0475. The Balaban J connectivity index is 2.03. The highest BCUT2D eigenvalue weighted by atomic mass is 35.5. The van der Waals surface area contributed by atoms with Crippen LogP contribution in [0.3, 0.4) is 0 Å². The summed E-state index contributed by atoms with van der Waals surface area (Å²) in [6.45, 7) is -0.274. The fraction of sp³-hybridized carbons (Fsp3) is 0.118. The number of pyridine rings is 1. The Morgan fingerprint density at radius 3 is 2.48 bits per heavy atom. The van der Waals surface area contributed by atoms with Gasteiger partial charge in [-0.15, -0.1) is 0 Å². The number of rotatable bonds is 3. The normalized spacial score (nSPS) is 11.6. The van der Waals surface area contributed by atoms with E-state index in [1.165, 1.54) is 30.5 Å². The van der Waals surface area contributed by atoms with Crippen LogP contribution in [-0.2, 0) is 12.7 Å². The van der Waals surface area contributed by atoms with Gasteiger partial charge in [-0.2, -0.15) is 18.3 Å². The minimum atomic E-state index is -4.53. The number of hydrogen-bond donors (Lipinski definition) is 1. The number of halogens is 5. The molecule has 10 heteroatoms. The Morgan fingerprint density at radius 2 is 1.81 bits per heavy atom. The molecule has 27 heavy (non-hydrogen) atoms. The van der Waals surface area contributed by atoms with E-state index in [1.807, 2.05) is 0 Å². The predicted octanol–water partition coefficient (Wildman–Crippen LogP) is 3.97. The van der Waals surface area contributed by atoms with Crippen LogP contribution in [0.4, 0.5) is 13.2 Å². The van der Waals surface area contributed by atoms with Gasteiger partial charge in [0, 0.05) is 17.8 Å². The van der Waals surface area contributed by atoms with Crippen molar-refractivity contribution in [1.29, 1.82) is 0 Å². The van der Waals surface area contributed by atoms with Gasteiger partial charge in [0.1, 0.15) is 5.02 Å². The zero-order chi connectivity index (χ0) is 19.8. The quantitative estimate of drug-likeness (QED) is 0.703. The lowest BCUT2D eigenvalue weighted by Gasteiger charge is -2.14. The average Bonchev–Trinajstić information content (AvgIpc) is 2.60. The van der Waals surface area contributed by atoms with Crippen molar-refractivity contribution in [2.24, 2.45) is 0 Å². The van der Waals surface area contributed by atoms with Gasteiger partial charge in [0.25, 0.3) is 11.1 Å². The second kappa shape index (κ2) is 7.21. The van der Waals surface area contributed by atoms with Crippen LogP contribution in [0.2, 0.25) is 10.2 Å². The van der Waals surface area contributed by atoms with Crippen molar-refractivity contribution in [2.45, 2.75) is 12.7 Å². The molecule has 0 radical (unpaired) electrons. The molecule has 1 aromatic carbocycles. The molecule has 0 aliphatic heterocycles. The molecule has 3 aromatic rings. The second-order valence-corrected chi connectivity index (χ2v) is 6.30. The molecule has 0 fully saturated rings. The van der Waals surface area contributed by atoms with Gasteiger partial charge in [0.05, 0.1) is 12.1 Å². The third-order valence-corrected chi connectivity index (χ3v) is 4.46. The number of aromatic nitrogens is 3. The van der Waals surface area contributed by atoms with Gasteiger partial charge in [0.2, 0.25) is 0 Å². The van der Waals surface area contributed by atoms with Gasteiger partial charge in [-0.1, -0.05) is 41.4 Å². The molecular weight excluding hydrogens is 406 g/mol. The molecule has 140 valence electrons. The van der Waals surface area contributed by atoms with Crippen LogP contribution in [-0.4, -0.2) is 14.8 Å². The van der Waals surface area contributed by atoms with Crippen molar-refractivity contribution >= 4 is 23.2 Å². The predicted molar refractivity (Wildman–Crippen MR) is 95.1 cm³/mol. The van der Waals surface area contributed by atoms with Crippen molar-refractivity contribution in [1.82, 2.24) is 14.8 Å². The highest BCUT2D eigenvalue weighted by Gasteiger charge is 2.32. The van der Waals surface area contributed by atoms with E-state index in [9.17, 15) is 22.8 Å². The van der Waals surface area contributed by atoms with E-state index in [0.717, 1.165) is 16.7 Å². The maximum absolute atomic E-state index is 13.1. The van der Waals surface area contributed by atoms with Crippen LogP contribution in [0.5, 0.6) is 0 Å². The highest BCUT2D eigenvalue weighted by Crippen LogP contribution is 2.32. The van der Waals surface area contributed by atoms with Crippen molar-refractivity contribution in [3.63, 3.8) is 0 Å². The fourth-order valence-electron chi connectivity index (χ4n) is 2.57. The Morgan fingerprint density at radius 1 is 1.11 bits per heavy atom. The topological polar surface area (TPSA) is 67.8 Å². The summed E-state index contributed by atoms with van der Waals surface area (Å²) in [5, 5.41) is 5.33. The smallest absolute Gasteiger partial charge is 0.311 e. The van der Waals surface area contributed by atoms with Crippen LogP contribution in [0.25, 0.3) is 11.1 Å². The summed E-state index contributed by atoms with van der Waals surface area (Å²) in [5.41, 5.74) is -1.83. The summed E-state index contributed by atoms with van der Waals surface area (Å²) in [6.07, 6.45) is -3.23. The van der Waals surface area contributed by atoms with Gasteiger partial charge in [0.15, 0.2) is 5.15 Å². The highest BCUT2D eigenvalue weighted by molar-refractivity contribution is 6.38. The monoisotopic (exact) mass is 415 g/mol. The number of H-pyrrole nitrogens is 1. The molecule has 0 aliphatic rings. The van der Waals surface area contributed by atoms with Crippen molar-refractivity contribution in [2.75, 3.05) is 0 Å². The van der Waals surface area contributed by atoms with Gasteiger partial charge >= 0.3 is 6.18 Å². The molecule has 3 rings (SSSR count). The van der Waals surface area contributed by atoms with E-state index >= 15 is 0 Å². The lowest BCUT2D eigenvalue weighted by atomic mass is 10.1. The van der Waals surface area contributed by atoms with Crippen LogP contribution >= 0.6 is 23.2 Å². The maximum Gasteiger partial charge on any atom is 0.416 e. The van der Waals surface area contributed by atoms with E-state index in [-0.39, 0.29) is 33.4 Å². The molecule has 0 atom stereocenters. The van der Waals surface area contributed by atoms with Crippen molar-refractivity contribution in [3.8, 4) is 11.1 Å². The summed E-state index contributed by atoms with van der Waals surface area (Å²) in [5.74, 6) is 0. The van der Waals surface area contributed by atoms with Gasteiger partial charge in [-0.05, 0) is 23.3 Å². The molecule has 5 nitrogen and oxygen atoms in total. The second-order valence-electron chi connectivity index (χ2n) is 5.57. The maximum atomic E-state index is 13.1. The fourth-order valence-corrected chi connectivity index (χ4v) is 3.10. The van der Waals surface area contributed by atoms with Gasteiger partial charge in [-0.3, -0.25) is 9.59 Å². The SMILES string of the molecule is O=c1[nH]nc(Cl)c(-c2ccn(Cc3ccccc3C(F)(F)F)c(=O)c2)c1Cl. The zero-order valence-corrected chi connectivity index (χ0v) is 14.9. The number of benzene rings is 1. The van der Waals surface area contributed by atoms with E-state index in [0.29, 0.717) is 0 Å².